The maximum absolute atomic E-state index is 12.9. The number of nitrogens with zero attached hydrogens (tertiary/aromatic N) is 1. The second-order valence-electron chi connectivity index (χ2n) is 8.53. The minimum absolute atomic E-state index is 0.0518. The van der Waals surface area contributed by atoms with E-state index < -0.39 is 0 Å². The molecule has 1 aliphatic heterocycles. The van der Waals surface area contributed by atoms with Crippen LogP contribution in [0.25, 0.3) is 6.08 Å². The number of ether oxygens (including phenoxy) is 1. The monoisotopic (exact) mass is 355 g/mol. The number of carbonyl (C=O) groups excluding carboxylic acids is 1. The van der Waals surface area contributed by atoms with E-state index >= 15 is 0 Å². The van der Waals surface area contributed by atoms with Crippen molar-refractivity contribution in [3.63, 3.8) is 0 Å². The first-order chi connectivity index (χ1) is 11.8. The third-order valence-corrected chi connectivity index (χ3v) is 7.47. The van der Waals surface area contributed by atoms with Gasteiger partial charge in [-0.25, -0.2) is 0 Å². The lowest BCUT2D eigenvalue weighted by Gasteiger charge is -2.40. The molecule has 25 heavy (non-hydrogen) atoms. The summed E-state index contributed by atoms with van der Waals surface area (Å²) in [6.45, 7) is 9.00. The number of hydrogen-bond donors (Lipinski definition) is 0. The zero-order valence-corrected chi connectivity index (χ0v) is 16.1. The van der Waals surface area contributed by atoms with Crippen LogP contribution in [0.4, 0.5) is 0 Å². The van der Waals surface area contributed by atoms with E-state index in [4.69, 9.17) is 17.0 Å². The van der Waals surface area contributed by atoms with Gasteiger partial charge in [0.1, 0.15) is 6.10 Å². The number of rotatable bonds is 2. The molecule has 0 radical (unpaired) electrons. The topological polar surface area (TPSA) is 29.5 Å². The van der Waals surface area contributed by atoms with Gasteiger partial charge in [-0.3, -0.25) is 9.69 Å². The summed E-state index contributed by atoms with van der Waals surface area (Å²) in [6, 6.07) is 8.18. The minimum atomic E-state index is -0.0670. The maximum atomic E-state index is 12.9. The largest absolute Gasteiger partial charge is 0.465 e. The smallest absolute Gasteiger partial charge is 0.267 e. The van der Waals surface area contributed by atoms with Crippen molar-refractivity contribution >= 4 is 29.4 Å². The highest BCUT2D eigenvalue weighted by molar-refractivity contribution is 7.80. The van der Waals surface area contributed by atoms with Gasteiger partial charge in [-0.2, -0.15) is 0 Å². The third-order valence-electron chi connectivity index (χ3n) is 7.18. The second kappa shape index (κ2) is 5.41. The molecular formula is C21H25NO2S. The van der Waals surface area contributed by atoms with Crippen molar-refractivity contribution < 1.29 is 9.53 Å². The molecule has 4 atom stereocenters. The summed E-state index contributed by atoms with van der Waals surface area (Å²) in [5.74, 6) is 0.405. The maximum Gasteiger partial charge on any atom is 0.267 e. The van der Waals surface area contributed by atoms with Crippen molar-refractivity contribution in [3.8, 4) is 0 Å². The molecule has 1 amide bonds. The average molecular weight is 356 g/mol. The molecule has 1 saturated heterocycles. The molecule has 4 heteroatoms. The Morgan fingerprint density at radius 1 is 1.28 bits per heavy atom. The van der Waals surface area contributed by atoms with E-state index in [0.717, 1.165) is 18.4 Å². The molecule has 1 aromatic rings. The number of aryl methyl sites for hydroxylation is 1. The highest BCUT2D eigenvalue weighted by Crippen LogP contribution is 2.68. The predicted molar refractivity (Wildman–Crippen MR) is 103 cm³/mol. The van der Waals surface area contributed by atoms with Crippen LogP contribution in [-0.2, 0) is 9.53 Å². The molecule has 0 spiro atoms. The van der Waals surface area contributed by atoms with E-state index in [-0.39, 0.29) is 28.9 Å². The molecule has 0 aromatic heterocycles. The first-order valence-electron chi connectivity index (χ1n) is 9.04. The Hall–Kier alpha value is -1.68. The first kappa shape index (κ1) is 16.8. The fourth-order valence-electron chi connectivity index (χ4n) is 5.27. The van der Waals surface area contributed by atoms with Gasteiger partial charge < -0.3 is 4.74 Å². The lowest BCUT2D eigenvalue weighted by atomic mass is 9.69. The van der Waals surface area contributed by atoms with Crippen molar-refractivity contribution in [1.29, 1.82) is 0 Å². The highest BCUT2D eigenvalue weighted by atomic mass is 32.1. The van der Waals surface area contributed by atoms with Crippen molar-refractivity contribution in [2.75, 3.05) is 0 Å². The van der Waals surface area contributed by atoms with Crippen molar-refractivity contribution in [3.05, 3.63) is 41.5 Å². The number of carbonyl (C=O) groups is 1. The Morgan fingerprint density at radius 3 is 2.64 bits per heavy atom. The molecule has 1 heterocycles. The predicted octanol–water partition coefficient (Wildman–Crippen LogP) is 4.35. The van der Waals surface area contributed by atoms with Crippen LogP contribution in [0.3, 0.4) is 0 Å². The van der Waals surface area contributed by atoms with Crippen LogP contribution in [0.5, 0.6) is 0 Å². The second-order valence-corrected chi connectivity index (χ2v) is 8.88. The van der Waals surface area contributed by atoms with Crippen LogP contribution in [0.1, 0.15) is 44.7 Å². The fourth-order valence-corrected chi connectivity index (χ4v) is 5.58. The van der Waals surface area contributed by atoms with Crippen LogP contribution < -0.4 is 0 Å². The number of hydrogen-bond acceptors (Lipinski definition) is 3. The van der Waals surface area contributed by atoms with Crippen LogP contribution in [-0.4, -0.2) is 28.1 Å². The molecule has 2 saturated carbocycles. The molecule has 2 aliphatic carbocycles. The van der Waals surface area contributed by atoms with E-state index in [1.807, 2.05) is 30.3 Å². The molecule has 0 N–H and O–H groups in total. The average Bonchev–Trinajstić information content (AvgIpc) is 3.07. The summed E-state index contributed by atoms with van der Waals surface area (Å²) in [7, 11) is 0. The molecule has 3 aliphatic rings. The zero-order chi connectivity index (χ0) is 18.0. The van der Waals surface area contributed by atoms with Crippen molar-refractivity contribution in [1.82, 2.24) is 4.90 Å². The molecule has 132 valence electrons. The van der Waals surface area contributed by atoms with Crippen LogP contribution in [0, 0.1) is 23.7 Å². The molecule has 1 unspecified atom stereocenters. The van der Waals surface area contributed by atoms with Gasteiger partial charge in [-0.05, 0) is 54.5 Å². The number of fused-ring (bicyclic) bond motifs is 5. The fraction of sp³-hybridized carbons (Fsp3) is 0.524. The molecule has 3 fully saturated rings. The SMILES string of the molecule is Cc1ccc(/C=C/C(=O)N2C(=S)O[C@@H]3C4CC[C@@](C)([C@@H]32)C4(C)C)cc1. The molecule has 3 nitrogen and oxygen atoms in total. The van der Waals surface area contributed by atoms with Gasteiger partial charge in [0.15, 0.2) is 0 Å². The molecule has 2 bridgehead atoms. The first-order valence-corrected chi connectivity index (χ1v) is 9.45. The van der Waals surface area contributed by atoms with Crippen LogP contribution >= 0.6 is 12.2 Å². The van der Waals surface area contributed by atoms with E-state index in [0.29, 0.717) is 11.1 Å². The Labute approximate surface area is 155 Å². The van der Waals surface area contributed by atoms with Crippen molar-refractivity contribution in [2.45, 2.75) is 52.7 Å². The highest BCUT2D eigenvalue weighted by Gasteiger charge is 2.72. The van der Waals surface area contributed by atoms with E-state index in [2.05, 4.69) is 27.7 Å². The Morgan fingerprint density at radius 2 is 1.96 bits per heavy atom. The normalized spacial score (nSPS) is 35.3. The van der Waals surface area contributed by atoms with E-state index in [9.17, 15) is 4.79 Å². The van der Waals surface area contributed by atoms with Gasteiger partial charge in [-0.1, -0.05) is 50.6 Å². The molecule has 1 aromatic carbocycles. The minimum Gasteiger partial charge on any atom is -0.465 e. The number of amides is 1. The van der Waals surface area contributed by atoms with Gasteiger partial charge in [0.25, 0.3) is 11.1 Å². The number of benzene rings is 1. The van der Waals surface area contributed by atoms with Gasteiger partial charge in [0, 0.05) is 12.0 Å². The van der Waals surface area contributed by atoms with E-state index in [1.165, 1.54) is 5.56 Å². The van der Waals surface area contributed by atoms with Gasteiger partial charge in [0.05, 0.1) is 6.04 Å². The van der Waals surface area contributed by atoms with Crippen molar-refractivity contribution in [2.24, 2.45) is 16.7 Å². The molecular weight excluding hydrogens is 330 g/mol. The summed E-state index contributed by atoms with van der Waals surface area (Å²) in [5, 5.41) is 0.349. The lowest BCUT2D eigenvalue weighted by Crippen LogP contribution is -2.49. The molecule has 4 rings (SSSR count). The van der Waals surface area contributed by atoms with Crippen LogP contribution in [0.2, 0.25) is 0 Å². The van der Waals surface area contributed by atoms with Crippen LogP contribution in [0.15, 0.2) is 30.3 Å². The summed E-state index contributed by atoms with van der Waals surface area (Å²) in [4.78, 5) is 14.7. The Balaban J connectivity index is 1.61. The summed E-state index contributed by atoms with van der Waals surface area (Å²) in [6.07, 6.45) is 5.83. The number of thiocarbonyl (C=S) groups is 1. The summed E-state index contributed by atoms with van der Waals surface area (Å²) < 4.78 is 6.02. The van der Waals surface area contributed by atoms with Gasteiger partial charge in [0.2, 0.25) is 0 Å². The van der Waals surface area contributed by atoms with Gasteiger partial charge in [-0.15, -0.1) is 0 Å². The summed E-state index contributed by atoms with van der Waals surface area (Å²) in [5.41, 5.74) is 2.44. The van der Waals surface area contributed by atoms with Gasteiger partial charge >= 0.3 is 0 Å². The zero-order valence-electron chi connectivity index (χ0n) is 15.3. The standard InChI is InChI=1S/C21H25NO2S/c1-13-5-7-14(8-6-13)9-10-16(23)22-18-17(24-19(22)25)15-11-12-21(18,4)20(15,2)3/h5-10,15,17-18H,11-12H2,1-4H3/b10-9+/t15?,17-,18-,21+/m1/s1. The Kier molecular flexibility index (Phi) is 3.63. The Bertz CT molecular complexity index is 767. The summed E-state index contributed by atoms with van der Waals surface area (Å²) >= 11 is 5.43. The quantitative estimate of drug-likeness (QED) is 0.584. The third kappa shape index (κ3) is 2.23. The van der Waals surface area contributed by atoms with E-state index in [1.54, 1.807) is 11.0 Å². The lowest BCUT2D eigenvalue weighted by molar-refractivity contribution is -0.125.